The summed E-state index contributed by atoms with van der Waals surface area (Å²) in [7, 11) is -4.06. The zero-order chi connectivity index (χ0) is 9.61. The van der Waals surface area contributed by atoms with E-state index in [2.05, 4.69) is 22.9 Å². The van der Waals surface area contributed by atoms with E-state index in [1.54, 1.807) is 0 Å². The molecule has 0 fully saturated rings. The van der Waals surface area contributed by atoms with Gasteiger partial charge in [-0.15, -0.1) is 0 Å². The van der Waals surface area contributed by atoms with Crippen LogP contribution in [0.5, 0.6) is 0 Å². The Morgan fingerprint density at radius 3 is 2.31 bits per heavy atom. The predicted molar refractivity (Wildman–Crippen MR) is 51.4 cm³/mol. The maximum Gasteiger partial charge on any atom is 1.00 e. The normalized spacial score (nSPS) is 13.5. The third-order valence-corrected chi connectivity index (χ3v) is 3.53. The minimum atomic E-state index is -4.06. The van der Waals surface area contributed by atoms with Crippen LogP contribution in [0.15, 0.2) is 0 Å². The number of unbranched alkanes of at least 4 members (excludes halogenated alkanes) is 2. The summed E-state index contributed by atoms with van der Waals surface area (Å²) in [5.41, 5.74) is 0. The number of halogens is 1. The van der Waals surface area contributed by atoms with Crippen molar-refractivity contribution in [3.8, 4) is 0 Å². The smallest absolute Gasteiger partial charge is 0.748 e. The average molecular weight is 281 g/mol. The van der Waals surface area contributed by atoms with Crippen LogP contribution in [0.1, 0.15) is 32.6 Å². The van der Waals surface area contributed by atoms with Crippen molar-refractivity contribution in [3.05, 3.63) is 0 Å². The van der Waals surface area contributed by atoms with Crippen molar-refractivity contribution < 1.29 is 42.5 Å². The molecule has 0 rings (SSSR count). The van der Waals surface area contributed by atoms with Gasteiger partial charge in [-0.25, -0.2) is 8.42 Å². The summed E-state index contributed by atoms with van der Waals surface area (Å²) in [6.45, 7) is 2.08. The Labute approximate surface area is 111 Å². The van der Waals surface area contributed by atoms with Crippen LogP contribution in [-0.4, -0.2) is 23.6 Å². The molecule has 1 unspecified atom stereocenters. The first-order valence-electron chi connectivity index (χ1n) is 4.03. The van der Waals surface area contributed by atoms with Crippen LogP contribution >= 0.6 is 15.9 Å². The van der Waals surface area contributed by atoms with Gasteiger partial charge in [0.2, 0.25) is 0 Å². The molecule has 0 N–H and O–H groups in total. The van der Waals surface area contributed by atoms with Gasteiger partial charge in [0.05, 0.1) is 15.9 Å². The van der Waals surface area contributed by atoms with Crippen molar-refractivity contribution in [2.45, 2.75) is 37.4 Å². The number of hydrogen-bond acceptors (Lipinski definition) is 3. The molecular formula is C7H14BrNaO3S. The Morgan fingerprint density at radius 1 is 1.38 bits per heavy atom. The van der Waals surface area contributed by atoms with Gasteiger partial charge in [0.1, 0.15) is 0 Å². The van der Waals surface area contributed by atoms with Gasteiger partial charge in [-0.05, 0) is 6.42 Å². The van der Waals surface area contributed by atoms with Crippen LogP contribution in [0, 0.1) is 0 Å². The first-order valence-corrected chi connectivity index (χ1v) is 6.52. The van der Waals surface area contributed by atoms with Crippen LogP contribution in [0.4, 0.5) is 0 Å². The van der Waals surface area contributed by atoms with E-state index < -0.39 is 10.1 Å². The van der Waals surface area contributed by atoms with Crippen molar-refractivity contribution >= 4 is 26.0 Å². The molecule has 0 radical (unpaired) electrons. The average Bonchev–Trinajstić information content (AvgIpc) is 1.84. The summed E-state index contributed by atoms with van der Waals surface area (Å²) in [5.74, 6) is -0.295. The van der Waals surface area contributed by atoms with Crippen LogP contribution in [-0.2, 0) is 10.1 Å². The summed E-state index contributed by atoms with van der Waals surface area (Å²) < 4.78 is 30.9. The molecule has 0 aliphatic heterocycles. The third kappa shape index (κ3) is 13.4. The Bertz CT molecular complexity index is 206. The van der Waals surface area contributed by atoms with Gasteiger partial charge in [0.25, 0.3) is 0 Å². The van der Waals surface area contributed by atoms with Crippen molar-refractivity contribution in [1.29, 1.82) is 0 Å². The molecule has 0 aliphatic rings. The molecule has 0 heterocycles. The fourth-order valence-corrected chi connectivity index (χ4v) is 2.83. The second-order valence-electron chi connectivity index (χ2n) is 2.82. The molecule has 0 saturated heterocycles. The van der Waals surface area contributed by atoms with Crippen LogP contribution in [0.2, 0.25) is 0 Å². The van der Waals surface area contributed by atoms with Crippen LogP contribution in [0.25, 0.3) is 0 Å². The fourth-order valence-electron chi connectivity index (χ4n) is 0.921. The van der Waals surface area contributed by atoms with Gasteiger partial charge < -0.3 is 4.55 Å². The molecule has 0 bridgehead atoms. The quantitative estimate of drug-likeness (QED) is 0.268. The van der Waals surface area contributed by atoms with E-state index in [9.17, 15) is 13.0 Å². The zero-order valence-corrected chi connectivity index (χ0v) is 12.5. The van der Waals surface area contributed by atoms with Crippen molar-refractivity contribution in [2.24, 2.45) is 0 Å². The molecule has 13 heavy (non-hydrogen) atoms. The van der Waals surface area contributed by atoms with E-state index in [-0.39, 0.29) is 40.1 Å². The topological polar surface area (TPSA) is 57.2 Å². The third-order valence-electron chi connectivity index (χ3n) is 1.51. The number of alkyl halides is 1. The first kappa shape index (κ1) is 16.8. The van der Waals surface area contributed by atoms with Gasteiger partial charge in [0, 0.05) is 4.83 Å². The molecule has 0 amide bonds. The van der Waals surface area contributed by atoms with E-state index in [4.69, 9.17) is 0 Å². The Morgan fingerprint density at radius 2 is 1.92 bits per heavy atom. The van der Waals surface area contributed by atoms with Crippen molar-refractivity contribution in [3.63, 3.8) is 0 Å². The molecule has 6 heteroatoms. The van der Waals surface area contributed by atoms with Crippen molar-refractivity contribution in [1.82, 2.24) is 0 Å². The number of rotatable bonds is 6. The molecule has 0 spiro atoms. The fraction of sp³-hybridized carbons (Fsp3) is 1.00. The summed E-state index contributed by atoms with van der Waals surface area (Å²) in [4.78, 5) is -0.174. The van der Waals surface area contributed by atoms with Gasteiger partial charge in [0.15, 0.2) is 0 Å². The largest absolute Gasteiger partial charge is 1.00 e. The van der Waals surface area contributed by atoms with E-state index in [1.165, 1.54) is 0 Å². The molecule has 74 valence electrons. The van der Waals surface area contributed by atoms with E-state index >= 15 is 0 Å². The Hall–Kier alpha value is 1.39. The van der Waals surface area contributed by atoms with Crippen LogP contribution < -0.4 is 29.6 Å². The standard InChI is InChI=1S/C7H15BrO3S.Na/c1-2-3-4-5-7(8)6-12(9,10)11;/h7H,2-6H2,1H3,(H,9,10,11);/q;+1/p-1. The van der Waals surface area contributed by atoms with E-state index in [1.807, 2.05) is 0 Å². The molecule has 3 nitrogen and oxygen atoms in total. The predicted octanol–water partition coefficient (Wildman–Crippen LogP) is -1.12. The van der Waals surface area contributed by atoms with Gasteiger partial charge in [-0.2, -0.15) is 0 Å². The summed E-state index contributed by atoms with van der Waals surface area (Å²) in [6, 6.07) is 0. The molecule has 0 aromatic heterocycles. The van der Waals surface area contributed by atoms with Gasteiger partial charge in [-0.3, -0.25) is 0 Å². The minimum Gasteiger partial charge on any atom is -0.748 e. The molecular weight excluding hydrogens is 267 g/mol. The van der Waals surface area contributed by atoms with Gasteiger partial charge >= 0.3 is 29.6 Å². The van der Waals surface area contributed by atoms with Gasteiger partial charge in [-0.1, -0.05) is 42.1 Å². The monoisotopic (exact) mass is 280 g/mol. The Kier molecular flexibility index (Phi) is 11.2. The van der Waals surface area contributed by atoms with Crippen molar-refractivity contribution in [2.75, 3.05) is 5.75 Å². The van der Waals surface area contributed by atoms with E-state index in [0.29, 0.717) is 0 Å². The zero-order valence-electron chi connectivity index (χ0n) is 8.12. The molecule has 0 aromatic carbocycles. The maximum absolute atomic E-state index is 10.3. The maximum atomic E-state index is 10.3. The molecule has 0 aromatic rings. The van der Waals surface area contributed by atoms with E-state index in [0.717, 1.165) is 25.7 Å². The minimum absolute atomic E-state index is 0. The SMILES string of the molecule is CCCCCC(Br)CS(=O)(=O)[O-].[Na+]. The second kappa shape index (κ2) is 8.68. The second-order valence-corrected chi connectivity index (χ2v) is 5.56. The first-order chi connectivity index (χ1) is 5.45. The molecule has 0 aliphatic carbocycles. The summed E-state index contributed by atoms with van der Waals surface area (Å²) in [6.07, 6.45) is 3.92. The van der Waals surface area contributed by atoms with Crippen LogP contribution in [0.3, 0.4) is 0 Å². The Balaban J connectivity index is 0. The molecule has 1 atom stereocenters. The summed E-state index contributed by atoms with van der Waals surface area (Å²) in [5, 5.41) is 0. The summed E-state index contributed by atoms with van der Waals surface area (Å²) >= 11 is 3.16. The molecule has 0 saturated carbocycles. The number of hydrogen-bond donors (Lipinski definition) is 0.